The van der Waals surface area contributed by atoms with Crippen LogP contribution in [0, 0.1) is 0 Å². The summed E-state index contributed by atoms with van der Waals surface area (Å²) >= 11 is 12.8. The Morgan fingerprint density at radius 3 is 2.75 bits per heavy atom. The fraction of sp³-hybridized carbons (Fsp3) is 0.381. The molecular weight excluding hydrogens is 397 g/mol. The maximum absolute atomic E-state index is 11.4. The van der Waals surface area contributed by atoms with Gasteiger partial charge in [0.15, 0.2) is 0 Å². The molecule has 7 heteroatoms. The van der Waals surface area contributed by atoms with E-state index in [2.05, 4.69) is 15.5 Å². The van der Waals surface area contributed by atoms with Gasteiger partial charge in [-0.1, -0.05) is 29.3 Å². The monoisotopic (exact) mass is 419 g/mol. The Kier molecular flexibility index (Phi) is 5.78. The van der Waals surface area contributed by atoms with Crippen molar-refractivity contribution in [3.05, 3.63) is 57.6 Å². The molecule has 2 aromatic rings. The lowest BCUT2D eigenvalue weighted by Crippen LogP contribution is -2.50. The highest BCUT2D eigenvalue weighted by molar-refractivity contribution is 6.35. The van der Waals surface area contributed by atoms with Crippen LogP contribution in [-0.2, 0) is 11.2 Å². The number of carbonyl (C=O) groups is 1. The van der Waals surface area contributed by atoms with Crippen LogP contribution in [0.5, 0.6) is 5.75 Å². The van der Waals surface area contributed by atoms with E-state index in [1.165, 1.54) is 6.92 Å². The lowest BCUT2D eigenvalue weighted by Gasteiger charge is -2.36. The molecule has 5 nitrogen and oxygen atoms in total. The molecule has 2 aliphatic rings. The largest absolute Gasteiger partial charge is 0.484 e. The Morgan fingerprint density at radius 2 is 2.00 bits per heavy atom. The van der Waals surface area contributed by atoms with Crippen LogP contribution in [0.4, 0.5) is 5.69 Å². The highest BCUT2D eigenvalue weighted by Gasteiger charge is 2.39. The number of nitrogens with zero attached hydrogens (tertiary/aromatic N) is 1. The predicted molar refractivity (Wildman–Crippen MR) is 113 cm³/mol. The molecule has 2 aromatic carbocycles. The van der Waals surface area contributed by atoms with Gasteiger partial charge in [0.1, 0.15) is 11.9 Å². The summed E-state index contributed by atoms with van der Waals surface area (Å²) in [6.07, 6.45) is 0.665. The Balaban J connectivity index is 1.66. The van der Waals surface area contributed by atoms with E-state index in [4.69, 9.17) is 27.9 Å². The minimum atomic E-state index is -0.170. The first-order chi connectivity index (χ1) is 13.5. The number of fused-ring (bicyclic) bond motifs is 1. The molecule has 0 bridgehead atoms. The van der Waals surface area contributed by atoms with E-state index in [0.717, 1.165) is 43.7 Å². The lowest BCUT2D eigenvalue weighted by molar-refractivity contribution is -0.114. The summed E-state index contributed by atoms with van der Waals surface area (Å²) in [6, 6.07) is 11.4. The van der Waals surface area contributed by atoms with Crippen molar-refractivity contribution in [1.29, 1.82) is 0 Å². The van der Waals surface area contributed by atoms with E-state index in [9.17, 15) is 4.79 Å². The van der Waals surface area contributed by atoms with Gasteiger partial charge in [-0.25, -0.2) is 0 Å². The van der Waals surface area contributed by atoms with Crippen molar-refractivity contribution >= 4 is 34.8 Å². The number of piperazine rings is 1. The second kappa shape index (κ2) is 8.29. The van der Waals surface area contributed by atoms with Crippen molar-refractivity contribution in [1.82, 2.24) is 10.2 Å². The predicted octanol–water partition coefficient (Wildman–Crippen LogP) is 3.90. The van der Waals surface area contributed by atoms with Crippen molar-refractivity contribution in [3.8, 4) is 5.75 Å². The minimum Gasteiger partial charge on any atom is -0.484 e. The normalized spacial score (nSPS) is 22.0. The van der Waals surface area contributed by atoms with Crippen molar-refractivity contribution in [3.63, 3.8) is 0 Å². The molecule has 1 amide bonds. The van der Waals surface area contributed by atoms with Crippen LogP contribution in [0.15, 0.2) is 36.4 Å². The average molecular weight is 420 g/mol. The van der Waals surface area contributed by atoms with E-state index >= 15 is 0 Å². The van der Waals surface area contributed by atoms with Crippen LogP contribution in [0.2, 0.25) is 10.0 Å². The second-order valence-corrected chi connectivity index (χ2v) is 8.10. The van der Waals surface area contributed by atoms with Crippen LogP contribution in [0.25, 0.3) is 0 Å². The molecule has 148 valence electrons. The van der Waals surface area contributed by atoms with E-state index in [1.807, 2.05) is 30.3 Å². The third kappa shape index (κ3) is 4.13. The van der Waals surface area contributed by atoms with E-state index in [-0.39, 0.29) is 18.1 Å². The summed E-state index contributed by atoms with van der Waals surface area (Å²) in [5.41, 5.74) is 2.87. The number of nitrogens with one attached hydrogen (secondary N) is 2. The first-order valence-corrected chi connectivity index (χ1v) is 10.2. The van der Waals surface area contributed by atoms with Crippen LogP contribution in [0.3, 0.4) is 0 Å². The number of hydrogen-bond donors (Lipinski definition) is 2. The second-order valence-electron chi connectivity index (χ2n) is 7.26. The summed E-state index contributed by atoms with van der Waals surface area (Å²) in [5.74, 6) is 0.598. The van der Waals surface area contributed by atoms with Crippen LogP contribution >= 0.6 is 23.2 Å². The SMILES string of the molecule is CC(=O)Nc1cccc(OC2c3cc(Cl)cc(Cl)c3CC2N2CCNCC2)c1. The Hall–Kier alpha value is -1.79. The zero-order chi connectivity index (χ0) is 19.7. The van der Waals surface area contributed by atoms with E-state index in [0.29, 0.717) is 21.5 Å². The van der Waals surface area contributed by atoms with E-state index < -0.39 is 0 Å². The number of benzene rings is 2. The number of rotatable bonds is 4. The molecule has 4 rings (SSSR count). The molecule has 1 aliphatic carbocycles. The Bertz CT molecular complexity index is 884. The molecule has 1 aliphatic heterocycles. The van der Waals surface area contributed by atoms with Gasteiger partial charge in [-0.15, -0.1) is 0 Å². The van der Waals surface area contributed by atoms with Crippen LogP contribution < -0.4 is 15.4 Å². The van der Waals surface area contributed by atoms with Gasteiger partial charge < -0.3 is 15.4 Å². The maximum Gasteiger partial charge on any atom is 0.221 e. The van der Waals surface area contributed by atoms with Crippen molar-refractivity contribution in [2.24, 2.45) is 0 Å². The van der Waals surface area contributed by atoms with Gasteiger partial charge in [-0.2, -0.15) is 0 Å². The van der Waals surface area contributed by atoms with Crippen molar-refractivity contribution in [2.75, 3.05) is 31.5 Å². The van der Waals surface area contributed by atoms with E-state index in [1.54, 1.807) is 6.07 Å². The fourth-order valence-electron chi connectivity index (χ4n) is 4.09. The number of ether oxygens (including phenoxy) is 1. The molecular formula is C21H23Cl2N3O2. The lowest BCUT2D eigenvalue weighted by atomic mass is 10.1. The molecule has 0 spiro atoms. The molecule has 2 atom stereocenters. The van der Waals surface area contributed by atoms with Gasteiger partial charge in [0, 0.05) is 60.5 Å². The Morgan fingerprint density at radius 1 is 1.21 bits per heavy atom. The number of hydrogen-bond acceptors (Lipinski definition) is 4. The highest BCUT2D eigenvalue weighted by atomic mass is 35.5. The highest BCUT2D eigenvalue weighted by Crippen LogP contribution is 2.42. The molecule has 1 heterocycles. The number of anilines is 1. The maximum atomic E-state index is 11.4. The number of halogens is 2. The standard InChI is InChI=1S/C21H23Cl2N3O2/c1-13(27)25-15-3-2-4-16(11-15)28-21-18-9-14(22)10-19(23)17(18)12-20(21)26-7-5-24-6-8-26/h2-4,9-11,20-21,24H,5-8,12H2,1H3,(H,25,27). The summed E-state index contributed by atoms with van der Waals surface area (Å²) in [4.78, 5) is 13.8. The zero-order valence-corrected chi connectivity index (χ0v) is 17.2. The third-order valence-corrected chi connectivity index (χ3v) is 5.86. The number of amides is 1. The molecule has 1 saturated heterocycles. The minimum absolute atomic E-state index is 0.111. The molecule has 0 saturated carbocycles. The quantitative estimate of drug-likeness (QED) is 0.788. The topological polar surface area (TPSA) is 53.6 Å². The smallest absolute Gasteiger partial charge is 0.221 e. The molecule has 2 unspecified atom stereocenters. The number of carbonyl (C=O) groups excluding carboxylic acids is 1. The summed E-state index contributed by atoms with van der Waals surface area (Å²) in [7, 11) is 0. The summed E-state index contributed by atoms with van der Waals surface area (Å²) < 4.78 is 6.47. The third-order valence-electron chi connectivity index (χ3n) is 5.30. The molecule has 2 N–H and O–H groups in total. The Labute approximate surface area is 175 Å². The van der Waals surface area contributed by atoms with Gasteiger partial charge >= 0.3 is 0 Å². The van der Waals surface area contributed by atoms with Gasteiger partial charge in [0.2, 0.25) is 5.91 Å². The van der Waals surface area contributed by atoms with Gasteiger partial charge in [0.25, 0.3) is 0 Å². The van der Waals surface area contributed by atoms with Gasteiger partial charge in [-0.05, 0) is 36.2 Å². The van der Waals surface area contributed by atoms with Crippen molar-refractivity contribution < 1.29 is 9.53 Å². The molecule has 0 aromatic heterocycles. The fourth-order valence-corrected chi connectivity index (χ4v) is 4.68. The van der Waals surface area contributed by atoms with Crippen molar-refractivity contribution in [2.45, 2.75) is 25.5 Å². The van der Waals surface area contributed by atoms with Gasteiger partial charge in [-0.3, -0.25) is 9.69 Å². The first kappa shape index (κ1) is 19.5. The molecule has 28 heavy (non-hydrogen) atoms. The molecule has 0 radical (unpaired) electrons. The first-order valence-electron chi connectivity index (χ1n) is 9.48. The van der Waals surface area contributed by atoms with Gasteiger partial charge in [0.05, 0.1) is 6.04 Å². The summed E-state index contributed by atoms with van der Waals surface area (Å²) in [6.45, 7) is 5.36. The average Bonchev–Trinajstić information content (AvgIpc) is 3.01. The van der Waals surface area contributed by atoms with Crippen LogP contribution in [-0.4, -0.2) is 43.0 Å². The van der Waals surface area contributed by atoms with Crippen LogP contribution in [0.1, 0.15) is 24.2 Å². The summed E-state index contributed by atoms with van der Waals surface area (Å²) in [5, 5.41) is 7.51. The zero-order valence-electron chi connectivity index (χ0n) is 15.7. The molecule has 1 fully saturated rings.